The Morgan fingerprint density at radius 2 is 1.65 bits per heavy atom. The monoisotopic (exact) mass is 423 g/mol. The number of amides is 3. The third-order valence-corrected chi connectivity index (χ3v) is 9.43. The molecule has 1 aromatic rings. The fraction of sp³-hybridized carbons (Fsp3) is 0.640. The van der Waals surface area contributed by atoms with E-state index in [-0.39, 0.29) is 35.1 Å². The highest BCUT2D eigenvalue weighted by molar-refractivity contribution is 6.06. The number of likely N-dealkylation sites (tertiary alicyclic amines) is 1. The zero-order valence-corrected chi connectivity index (χ0v) is 18.4. The molecule has 5 atom stereocenters. The maximum absolute atomic E-state index is 13.7. The van der Waals surface area contributed by atoms with Crippen LogP contribution in [0.1, 0.15) is 57.6 Å². The van der Waals surface area contributed by atoms with Crippen LogP contribution in [0.3, 0.4) is 0 Å². The largest absolute Gasteiger partial charge is 0.369 e. The van der Waals surface area contributed by atoms with Crippen LogP contribution in [-0.2, 0) is 14.4 Å². The number of nitrogens with zero attached hydrogens (tertiary/aromatic N) is 1. The number of hydrogen-bond donors (Lipinski definition) is 2. The molecule has 4 aliphatic carbocycles. The quantitative estimate of drug-likeness (QED) is 0.711. The van der Waals surface area contributed by atoms with Crippen LogP contribution in [0.4, 0.5) is 0 Å². The molecule has 0 aromatic heterocycles. The van der Waals surface area contributed by atoms with Crippen LogP contribution in [-0.4, -0.2) is 29.2 Å². The highest BCUT2D eigenvalue weighted by Crippen LogP contribution is 2.65. The van der Waals surface area contributed by atoms with E-state index >= 15 is 0 Å². The molecule has 5 aliphatic rings. The van der Waals surface area contributed by atoms with E-state index in [2.05, 4.69) is 0 Å². The number of carbonyl (C=O) groups is 3. The molecule has 6 rings (SSSR count). The lowest BCUT2D eigenvalue weighted by Crippen LogP contribution is -2.59. The van der Waals surface area contributed by atoms with Crippen molar-refractivity contribution < 1.29 is 14.4 Å². The van der Waals surface area contributed by atoms with Crippen molar-refractivity contribution >= 4 is 17.7 Å². The highest BCUT2D eigenvalue weighted by atomic mass is 16.2. The summed E-state index contributed by atoms with van der Waals surface area (Å²) in [5.74, 6) is 0.484. The minimum atomic E-state index is -1.21. The second-order valence-electron chi connectivity index (χ2n) is 10.9. The van der Waals surface area contributed by atoms with Gasteiger partial charge in [0, 0.05) is 17.9 Å². The number of primary amides is 2. The van der Waals surface area contributed by atoms with E-state index in [9.17, 15) is 14.4 Å². The number of hydrogen-bond acceptors (Lipinski definition) is 3. The van der Waals surface area contributed by atoms with Crippen molar-refractivity contribution in [3.05, 3.63) is 35.9 Å². The van der Waals surface area contributed by atoms with Crippen LogP contribution >= 0.6 is 0 Å². The van der Waals surface area contributed by atoms with Crippen LogP contribution < -0.4 is 11.5 Å². The zero-order valence-electron chi connectivity index (χ0n) is 18.4. The summed E-state index contributed by atoms with van der Waals surface area (Å²) in [4.78, 5) is 40.6. The molecule has 6 nitrogen and oxygen atoms in total. The molecular weight excluding hydrogens is 390 g/mol. The van der Waals surface area contributed by atoms with Crippen molar-refractivity contribution in [1.82, 2.24) is 4.90 Å². The first-order chi connectivity index (χ1) is 14.7. The number of rotatable bonds is 5. The Hall–Kier alpha value is -2.37. The molecule has 0 spiro atoms. The first-order valence-electron chi connectivity index (χ1n) is 11.6. The lowest BCUT2D eigenvalue weighted by molar-refractivity contribution is -0.161. The molecule has 166 valence electrons. The summed E-state index contributed by atoms with van der Waals surface area (Å²) >= 11 is 0. The number of benzene rings is 1. The van der Waals surface area contributed by atoms with Crippen LogP contribution in [0, 0.1) is 40.4 Å². The first kappa shape index (κ1) is 20.5. The molecule has 4 saturated carbocycles. The van der Waals surface area contributed by atoms with Gasteiger partial charge in [0.05, 0.1) is 6.04 Å². The summed E-state index contributed by atoms with van der Waals surface area (Å²) in [7, 11) is 0. The van der Waals surface area contributed by atoms with Crippen molar-refractivity contribution in [3.8, 4) is 0 Å². The molecule has 1 aliphatic heterocycles. The molecule has 1 saturated heterocycles. The average molecular weight is 424 g/mol. The Morgan fingerprint density at radius 3 is 2.19 bits per heavy atom. The van der Waals surface area contributed by atoms with E-state index in [0.29, 0.717) is 24.3 Å². The van der Waals surface area contributed by atoms with E-state index < -0.39 is 11.3 Å². The van der Waals surface area contributed by atoms with E-state index in [1.165, 1.54) is 0 Å². The molecule has 4 unspecified atom stereocenters. The lowest BCUT2D eigenvalue weighted by Gasteiger charge is -2.61. The highest BCUT2D eigenvalue weighted by Gasteiger charge is 2.65. The van der Waals surface area contributed by atoms with Gasteiger partial charge in [-0.15, -0.1) is 0 Å². The molecule has 6 heteroatoms. The lowest BCUT2D eigenvalue weighted by atomic mass is 9.43. The normalized spacial score (nSPS) is 42.1. The fourth-order valence-corrected chi connectivity index (χ4v) is 8.00. The molecule has 5 fully saturated rings. The second-order valence-corrected chi connectivity index (χ2v) is 10.9. The smallest absolute Gasteiger partial charge is 0.238 e. The van der Waals surface area contributed by atoms with Gasteiger partial charge in [-0.05, 0) is 75.2 Å². The number of nitrogens with two attached hydrogens (primary N) is 2. The Balaban J connectivity index is 1.49. The summed E-state index contributed by atoms with van der Waals surface area (Å²) in [6.45, 7) is 4.32. The van der Waals surface area contributed by atoms with E-state index in [0.717, 1.165) is 37.7 Å². The Kier molecular flexibility index (Phi) is 4.51. The minimum absolute atomic E-state index is 0.119. The first-order valence-corrected chi connectivity index (χ1v) is 11.6. The van der Waals surface area contributed by atoms with Crippen molar-refractivity contribution in [2.24, 2.45) is 51.9 Å². The van der Waals surface area contributed by atoms with E-state index in [1.54, 1.807) is 6.92 Å². The Labute approximate surface area is 183 Å². The van der Waals surface area contributed by atoms with Crippen molar-refractivity contribution in [3.63, 3.8) is 0 Å². The van der Waals surface area contributed by atoms with Crippen molar-refractivity contribution in [2.45, 2.75) is 52.0 Å². The van der Waals surface area contributed by atoms with Gasteiger partial charge >= 0.3 is 0 Å². The third-order valence-electron chi connectivity index (χ3n) is 9.43. The van der Waals surface area contributed by atoms with Gasteiger partial charge in [-0.2, -0.15) is 0 Å². The standard InChI is InChI=1S/C25H33N3O3/c1-14(16-6-4-3-5-7-16)28-13-19(24(2,21(26)29)23(28)31)20-17-8-15-9-18(20)12-25(10-15,11-17)22(27)30/h3-7,14-15,17-20H,8-13H2,1-2H3,(H2,26,29)(H2,27,30)/t14-,15?,17?,18?,19?,20?,24?,25?/m0/s1. The second kappa shape index (κ2) is 6.81. The molecule has 4 N–H and O–H groups in total. The van der Waals surface area contributed by atoms with Crippen LogP contribution in [0.15, 0.2) is 30.3 Å². The molecule has 3 amide bonds. The molecule has 4 bridgehead atoms. The maximum atomic E-state index is 13.7. The van der Waals surface area contributed by atoms with Crippen molar-refractivity contribution in [2.75, 3.05) is 6.54 Å². The molecule has 31 heavy (non-hydrogen) atoms. The van der Waals surface area contributed by atoms with Crippen LogP contribution in [0.2, 0.25) is 0 Å². The van der Waals surface area contributed by atoms with Crippen molar-refractivity contribution in [1.29, 1.82) is 0 Å². The van der Waals surface area contributed by atoms with Gasteiger partial charge in [-0.25, -0.2) is 0 Å². The van der Waals surface area contributed by atoms with Crippen LogP contribution in [0.5, 0.6) is 0 Å². The summed E-state index contributed by atoms with van der Waals surface area (Å²) in [5, 5.41) is 0. The summed E-state index contributed by atoms with van der Waals surface area (Å²) < 4.78 is 0. The summed E-state index contributed by atoms with van der Waals surface area (Å²) in [5.41, 5.74) is 11.3. The molecule has 1 heterocycles. The predicted molar refractivity (Wildman–Crippen MR) is 116 cm³/mol. The van der Waals surface area contributed by atoms with Gasteiger partial charge in [-0.3, -0.25) is 14.4 Å². The summed E-state index contributed by atoms with van der Waals surface area (Å²) in [6.07, 6.45) is 4.66. The minimum Gasteiger partial charge on any atom is -0.369 e. The average Bonchev–Trinajstić information content (AvgIpc) is 3.00. The Bertz CT molecular complexity index is 915. The Morgan fingerprint density at radius 1 is 1.03 bits per heavy atom. The molecule has 0 radical (unpaired) electrons. The van der Waals surface area contributed by atoms with Gasteiger partial charge in [0.1, 0.15) is 5.41 Å². The molecular formula is C25H33N3O3. The van der Waals surface area contributed by atoms with Gasteiger partial charge in [-0.1, -0.05) is 30.3 Å². The topological polar surface area (TPSA) is 106 Å². The number of carbonyl (C=O) groups excluding carboxylic acids is 3. The fourth-order valence-electron chi connectivity index (χ4n) is 8.00. The predicted octanol–water partition coefficient (Wildman–Crippen LogP) is 2.63. The van der Waals surface area contributed by atoms with E-state index in [1.807, 2.05) is 42.2 Å². The SMILES string of the molecule is C[C@@H](c1ccccc1)N1CC(C2C3CC4CC2CC(C(N)=O)(C4)C3)C(C)(C(N)=O)C1=O. The zero-order chi connectivity index (χ0) is 22.1. The maximum Gasteiger partial charge on any atom is 0.238 e. The van der Waals surface area contributed by atoms with Gasteiger partial charge in [0.25, 0.3) is 0 Å². The summed E-state index contributed by atoms with van der Waals surface area (Å²) in [6, 6.07) is 9.82. The van der Waals surface area contributed by atoms with Gasteiger partial charge in [0.2, 0.25) is 17.7 Å². The van der Waals surface area contributed by atoms with Crippen LogP contribution in [0.25, 0.3) is 0 Å². The van der Waals surface area contributed by atoms with Gasteiger partial charge in [0.15, 0.2) is 0 Å². The molecule has 1 aromatic carbocycles. The van der Waals surface area contributed by atoms with E-state index in [4.69, 9.17) is 11.5 Å². The van der Waals surface area contributed by atoms with Gasteiger partial charge < -0.3 is 16.4 Å². The third kappa shape index (κ3) is 2.79.